The van der Waals surface area contributed by atoms with E-state index in [1.165, 1.54) is 16.9 Å². The van der Waals surface area contributed by atoms with Crippen LogP contribution in [-0.2, 0) is 13.5 Å². The van der Waals surface area contributed by atoms with Crippen molar-refractivity contribution in [1.82, 2.24) is 30.1 Å². The quantitative estimate of drug-likeness (QED) is 0.462. The standard InChI is InChI=1S/C24H23FN6O2/c1-30-28-21(16-10-12-18(25)13-11-16)22(29-30)24(32)31-14-6-5-9-19(31)15-20-26-27-23(33-20)17-7-3-2-4-8-17/h2-4,7-8,10-13,19H,5-6,9,14-15H2,1H3/t19-/m0/s1. The Morgan fingerprint density at radius 1 is 1.03 bits per heavy atom. The van der Waals surface area contributed by atoms with Crippen molar-refractivity contribution < 1.29 is 13.6 Å². The van der Waals surface area contributed by atoms with Crippen molar-refractivity contribution >= 4 is 5.91 Å². The Morgan fingerprint density at radius 3 is 2.61 bits per heavy atom. The summed E-state index contributed by atoms with van der Waals surface area (Å²) in [5.74, 6) is 0.416. The minimum absolute atomic E-state index is 0.0848. The molecule has 1 aliphatic heterocycles. The fourth-order valence-corrected chi connectivity index (χ4v) is 4.20. The predicted molar refractivity (Wildman–Crippen MR) is 119 cm³/mol. The number of halogens is 1. The monoisotopic (exact) mass is 446 g/mol. The van der Waals surface area contributed by atoms with Crippen LogP contribution in [0.2, 0.25) is 0 Å². The number of hydrogen-bond donors (Lipinski definition) is 0. The van der Waals surface area contributed by atoms with E-state index in [4.69, 9.17) is 4.42 Å². The second-order valence-corrected chi connectivity index (χ2v) is 8.11. The van der Waals surface area contributed by atoms with Gasteiger partial charge in [-0.25, -0.2) is 4.39 Å². The molecule has 1 amide bonds. The lowest BCUT2D eigenvalue weighted by Crippen LogP contribution is -2.45. The number of benzene rings is 2. The molecular formula is C24H23FN6O2. The molecule has 3 heterocycles. The lowest BCUT2D eigenvalue weighted by atomic mass is 9.98. The molecule has 1 saturated heterocycles. The summed E-state index contributed by atoms with van der Waals surface area (Å²) >= 11 is 0. The first-order valence-electron chi connectivity index (χ1n) is 10.9. The topological polar surface area (TPSA) is 89.9 Å². The molecule has 2 aromatic carbocycles. The van der Waals surface area contributed by atoms with Gasteiger partial charge in [0.1, 0.15) is 11.5 Å². The first-order valence-corrected chi connectivity index (χ1v) is 10.9. The highest BCUT2D eigenvalue weighted by atomic mass is 19.1. The van der Waals surface area contributed by atoms with E-state index in [-0.39, 0.29) is 23.5 Å². The van der Waals surface area contributed by atoms with Crippen LogP contribution in [0.4, 0.5) is 4.39 Å². The van der Waals surface area contributed by atoms with Gasteiger partial charge in [-0.05, 0) is 55.7 Å². The van der Waals surface area contributed by atoms with Gasteiger partial charge in [0, 0.05) is 37.2 Å². The lowest BCUT2D eigenvalue weighted by molar-refractivity contribution is 0.0599. The highest BCUT2D eigenvalue weighted by Gasteiger charge is 2.32. The van der Waals surface area contributed by atoms with Crippen molar-refractivity contribution in [2.24, 2.45) is 7.05 Å². The van der Waals surface area contributed by atoms with Crippen molar-refractivity contribution in [3.8, 4) is 22.7 Å². The molecule has 33 heavy (non-hydrogen) atoms. The van der Waals surface area contributed by atoms with Gasteiger partial charge in [0.25, 0.3) is 5.91 Å². The molecule has 0 spiro atoms. The van der Waals surface area contributed by atoms with Crippen LogP contribution >= 0.6 is 0 Å². The van der Waals surface area contributed by atoms with Gasteiger partial charge in [0.15, 0.2) is 5.69 Å². The summed E-state index contributed by atoms with van der Waals surface area (Å²) in [6, 6.07) is 15.4. The molecule has 1 aliphatic rings. The van der Waals surface area contributed by atoms with E-state index >= 15 is 0 Å². The molecule has 0 unspecified atom stereocenters. The lowest BCUT2D eigenvalue weighted by Gasteiger charge is -2.34. The summed E-state index contributed by atoms with van der Waals surface area (Å²) in [7, 11) is 1.67. The molecule has 0 bridgehead atoms. The Labute approximate surface area is 190 Å². The molecule has 5 rings (SSSR count). The van der Waals surface area contributed by atoms with Gasteiger partial charge in [-0.3, -0.25) is 4.79 Å². The van der Waals surface area contributed by atoms with Gasteiger partial charge in [-0.15, -0.1) is 15.3 Å². The fraction of sp³-hybridized carbons (Fsp3) is 0.292. The van der Waals surface area contributed by atoms with Crippen LogP contribution in [0.15, 0.2) is 59.0 Å². The van der Waals surface area contributed by atoms with E-state index in [0.29, 0.717) is 36.0 Å². The molecule has 0 N–H and O–H groups in total. The predicted octanol–water partition coefficient (Wildman–Crippen LogP) is 3.91. The van der Waals surface area contributed by atoms with Crippen molar-refractivity contribution in [3.63, 3.8) is 0 Å². The number of aromatic nitrogens is 5. The Balaban J connectivity index is 1.39. The number of amides is 1. The number of hydrogen-bond acceptors (Lipinski definition) is 6. The second kappa shape index (κ2) is 8.93. The van der Waals surface area contributed by atoms with Crippen LogP contribution in [0, 0.1) is 5.82 Å². The molecule has 8 nitrogen and oxygen atoms in total. The molecule has 1 fully saturated rings. The number of carbonyl (C=O) groups excluding carboxylic acids is 1. The number of carbonyl (C=O) groups is 1. The molecule has 0 radical (unpaired) electrons. The second-order valence-electron chi connectivity index (χ2n) is 8.11. The molecule has 0 saturated carbocycles. The molecule has 1 atom stereocenters. The van der Waals surface area contributed by atoms with Crippen LogP contribution < -0.4 is 0 Å². The van der Waals surface area contributed by atoms with Gasteiger partial charge in [-0.2, -0.15) is 9.90 Å². The van der Waals surface area contributed by atoms with Crippen molar-refractivity contribution in [1.29, 1.82) is 0 Å². The normalized spacial score (nSPS) is 16.2. The van der Waals surface area contributed by atoms with Crippen LogP contribution in [0.3, 0.4) is 0 Å². The molecule has 2 aromatic heterocycles. The Hall–Kier alpha value is -3.88. The smallest absolute Gasteiger partial charge is 0.276 e. The van der Waals surface area contributed by atoms with Gasteiger partial charge >= 0.3 is 0 Å². The average Bonchev–Trinajstić information content (AvgIpc) is 3.47. The Bertz CT molecular complexity index is 1250. The van der Waals surface area contributed by atoms with Crippen LogP contribution in [-0.4, -0.2) is 48.6 Å². The Morgan fingerprint density at radius 2 is 1.82 bits per heavy atom. The molecular weight excluding hydrogens is 423 g/mol. The third kappa shape index (κ3) is 4.39. The SMILES string of the molecule is Cn1nc(C(=O)N2CCCC[C@H]2Cc2nnc(-c3ccccc3)o2)c(-c2ccc(F)cc2)n1. The maximum atomic E-state index is 13.6. The van der Waals surface area contributed by atoms with Crippen molar-refractivity contribution in [2.75, 3.05) is 6.54 Å². The molecule has 168 valence electrons. The average molecular weight is 446 g/mol. The van der Waals surface area contributed by atoms with Crippen LogP contribution in [0.5, 0.6) is 0 Å². The zero-order valence-corrected chi connectivity index (χ0v) is 18.2. The van der Waals surface area contributed by atoms with E-state index in [1.807, 2.05) is 35.2 Å². The number of rotatable bonds is 5. The summed E-state index contributed by atoms with van der Waals surface area (Å²) in [6.07, 6.45) is 3.23. The summed E-state index contributed by atoms with van der Waals surface area (Å²) in [5.41, 5.74) is 2.20. The van der Waals surface area contributed by atoms with Gasteiger partial charge in [0.05, 0.1) is 0 Å². The zero-order valence-electron chi connectivity index (χ0n) is 18.2. The van der Waals surface area contributed by atoms with Crippen molar-refractivity contribution in [3.05, 3.63) is 72.0 Å². The summed E-state index contributed by atoms with van der Waals surface area (Å²) in [5, 5.41) is 17.1. The zero-order chi connectivity index (χ0) is 22.8. The van der Waals surface area contributed by atoms with Gasteiger partial charge in [0.2, 0.25) is 11.8 Å². The van der Waals surface area contributed by atoms with Crippen molar-refractivity contribution in [2.45, 2.75) is 31.7 Å². The van der Waals surface area contributed by atoms with Gasteiger partial charge in [-0.1, -0.05) is 18.2 Å². The van der Waals surface area contributed by atoms with E-state index in [2.05, 4.69) is 20.4 Å². The fourth-order valence-electron chi connectivity index (χ4n) is 4.20. The molecule has 4 aromatic rings. The third-order valence-corrected chi connectivity index (χ3v) is 5.82. The van der Waals surface area contributed by atoms with E-state index < -0.39 is 0 Å². The Kier molecular flexibility index (Phi) is 5.68. The van der Waals surface area contributed by atoms with Gasteiger partial charge < -0.3 is 9.32 Å². The van der Waals surface area contributed by atoms with E-state index in [9.17, 15) is 9.18 Å². The number of piperidine rings is 1. The number of nitrogens with zero attached hydrogens (tertiary/aromatic N) is 6. The van der Waals surface area contributed by atoms with E-state index in [0.717, 1.165) is 24.8 Å². The summed E-state index contributed by atoms with van der Waals surface area (Å²) < 4.78 is 19.3. The first-order chi connectivity index (χ1) is 16.1. The minimum atomic E-state index is -0.346. The number of aryl methyl sites for hydroxylation is 1. The summed E-state index contributed by atoms with van der Waals surface area (Å²) in [6.45, 7) is 0.614. The highest BCUT2D eigenvalue weighted by molar-refractivity contribution is 5.98. The highest BCUT2D eigenvalue weighted by Crippen LogP contribution is 2.27. The largest absolute Gasteiger partial charge is 0.421 e. The summed E-state index contributed by atoms with van der Waals surface area (Å²) in [4.78, 5) is 16.8. The number of likely N-dealkylation sites (tertiary alicyclic amines) is 1. The third-order valence-electron chi connectivity index (χ3n) is 5.82. The van der Waals surface area contributed by atoms with E-state index in [1.54, 1.807) is 19.2 Å². The first kappa shape index (κ1) is 21.0. The maximum absolute atomic E-state index is 13.6. The molecule has 0 aliphatic carbocycles. The van der Waals surface area contributed by atoms with Crippen LogP contribution in [0.1, 0.15) is 35.6 Å². The maximum Gasteiger partial charge on any atom is 0.276 e. The van der Waals surface area contributed by atoms with Crippen LogP contribution in [0.25, 0.3) is 22.7 Å². The molecule has 9 heteroatoms. The minimum Gasteiger partial charge on any atom is -0.421 e.